The zero-order chi connectivity index (χ0) is 14.2. The lowest BCUT2D eigenvalue weighted by atomic mass is 10.0. The minimum atomic E-state index is -0.162. The van der Waals surface area contributed by atoms with E-state index in [0.29, 0.717) is 12.6 Å². The van der Waals surface area contributed by atoms with E-state index >= 15 is 0 Å². The molecule has 0 aromatic carbocycles. The number of rotatable bonds is 5. The van der Waals surface area contributed by atoms with Crippen molar-refractivity contribution in [1.82, 2.24) is 15.2 Å². The van der Waals surface area contributed by atoms with Crippen molar-refractivity contribution in [2.45, 2.75) is 38.6 Å². The predicted molar refractivity (Wildman–Crippen MR) is 80.8 cm³/mol. The van der Waals surface area contributed by atoms with Crippen LogP contribution in [0.15, 0.2) is 24.5 Å². The van der Waals surface area contributed by atoms with Crippen LogP contribution in [0.3, 0.4) is 0 Å². The maximum atomic E-state index is 11.7. The number of likely N-dealkylation sites (tertiary alicyclic amines) is 1. The highest BCUT2D eigenvalue weighted by Gasteiger charge is 2.17. The number of hydrogen-bond acceptors (Lipinski definition) is 3. The van der Waals surface area contributed by atoms with Gasteiger partial charge in [-0.1, -0.05) is 6.42 Å². The number of carbonyl (C=O) groups is 1. The highest BCUT2D eigenvalue weighted by molar-refractivity contribution is 5.88. The molecule has 0 bridgehead atoms. The fourth-order valence-corrected chi connectivity index (χ4v) is 2.59. The fourth-order valence-electron chi connectivity index (χ4n) is 2.59. The van der Waals surface area contributed by atoms with Crippen molar-refractivity contribution in [3.63, 3.8) is 0 Å². The molecule has 0 saturated carbocycles. The van der Waals surface area contributed by atoms with Crippen molar-refractivity contribution in [3.05, 3.63) is 24.5 Å². The van der Waals surface area contributed by atoms with E-state index in [-0.39, 0.29) is 6.03 Å². The molecular weight excluding hydrogens is 252 g/mol. The van der Waals surface area contributed by atoms with Crippen molar-refractivity contribution in [2.24, 2.45) is 0 Å². The first-order valence-corrected chi connectivity index (χ1v) is 7.44. The van der Waals surface area contributed by atoms with Crippen LogP contribution in [0.1, 0.15) is 32.6 Å². The molecule has 1 aliphatic heterocycles. The van der Waals surface area contributed by atoms with Crippen LogP contribution in [-0.2, 0) is 0 Å². The van der Waals surface area contributed by atoms with Crippen molar-refractivity contribution in [2.75, 3.05) is 25.0 Å². The summed E-state index contributed by atoms with van der Waals surface area (Å²) in [7, 11) is 0. The molecule has 2 heterocycles. The van der Waals surface area contributed by atoms with Crippen LogP contribution < -0.4 is 10.6 Å². The van der Waals surface area contributed by atoms with Crippen LogP contribution in [0.2, 0.25) is 0 Å². The molecule has 1 aromatic heterocycles. The summed E-state index contributed by atoms with van der Waals surface area (Å²) in [5, 5.41) is 5.64. The van der Waals surface area contributed by atoms with Gasteiger partial charge in [0.2, 0.25) is 0 Å². The van der Waals surface area contributed by atoms with Gasteiger partial charge in [0.15, 0.2) is 0 Å². The summed E-state index contributed by atoms with van der Waals surface area (Å²) in [6, 6.07) is 4.15. The Morgan fingerprint density at radius 3 is 3.15 bits per heavy atom. The Morgan fingerprint density at radius 2 is 2.40 bits per heavy atom. The van der Waals surface area contributed by atoms with Gasteiger partial charge < -0.3 is 15.5 Å². The van der Waals surface area contributed by atoms with Crippen LogP contribution in [0.5, 0.6) is 0 Å². The number of carbonyl (C=O) groups excluding carboxylic acids is 1. The summed E-state index contributed by atoms with van der Waals surface area (Å²) in [6.07, 6.45) is 8.26. The molecule has 0 aliphatic carbocycles. The SMILES string of the molecule is CC1CCCCN1CCCNC(=O)Nc1cccnc1. The maximum absolute atomic E-state index is 11.7. The van der Waals surface area contributed by atoms with Gasteiger partial charge in [-0.05, 0) is 44.9 Å². The zero-order valence-corrected chi connectivity index (χ0v) is 12.1. The molecule has 0 radical (unpaired) electrons. The van der Waals surface area contributed by atoms with Gasteiger partial charge in [-0.25, -0.2) is 4.79 Å². The standard InChI is InChI=1S/C15H24N4O/c1-13-6-2-3-10-19(13)11-5-9-17-15(20)18-14-7-4-8-16-12-14/h4,7-8,12-13H,2-3,5-6,9-11H2,1H3,(H2,17,18,20). The number of amides is 2. The zero-order valence-electron chi connectivity index (χ0n) is 12.1. The largest absolute Gasteiger partial charge is 0.338 e. The predicted octanol–water partition coefficient (Wildman–Crippen LogP) is 2.47. The Morgan fingerprint density at radius 1 is 1.50 bits per heavy atom. The van der Waals surface area contributed by atoms with Gasteiger partial charge in [-0.15, -0.1) is 0 Å². The molecule has 1 unspecified atom stereocenters. The number of anilines is 1. The molecule has 5 nitrogen and oxygen atoms in total. The summed E-state index contributed by atoms with van der Waals surface area (Å²) < 4.78 is 0. The van der Waals surface area contributed by atoms with Crippen molar-refractivity contribution < 1.29 is 4.79 Å². The number of nitrogens with one attached hydrogen (secondary N) is 2. The molecule has 1 aliphatic rings. The van der Waals surface area contributed by atoms with Gasteiger partial charge in [-0.3, -0.25) is 4.98 Å². The van der Waals surface area contributed by atoms with Crippen LogP contribution in [-0.4, -0.2) is 41.6 Å². The molecule has 1 saturated heterocycles. The third-order valence-corrected chi connectivity index (χ3v) is 3.77. The first-order valence-electron chi connectivity index (χ1n) is 7.44. The van der Waals surface area contributed by atoms with Crippen LogP contribution in [0.25, 0.3) is 0 Å². The minimum Gasteiger partial charge on any atom is -0.338 e. The highest BCUT2D eigenvalue weighted by atomic mass is 16.2. The fraction of sp³-hybridized carbons (Fsp3) is 0.600. The summed E-state index contributed by atoms with van der Waals surface area (Å²) in [4.78, 5) is 18.1. The second-order valence-corrected chi connectivity index (χ2v) is 5.36. The van der Waals surface area contributed by atoms with Gasteiger partial charge in [0, 0.05) is 25.3 Å². The number of urea groups is 1. The summed E-state index contributed by atoms with van der Waals surface area (Å²) >= 11 is 0. The van der Waals surface area contributed by atoms with E-state index in [2.05, 4.69) is 27.4 Å². The first-order chi connectivity index (χ1) is 9.75. The van der Waals surface area contributed by atoms with Crippen LogP contribution in [0, 0.1) is 0 Å². The smallest absolute Gasteiger partial charge is 0.319 e. The topological polar surface area (TPSA) is 57.3 Å². The van der Waals surface area contributed by atoms with Crippen LogP contribution >= 0.6 is 0 Å². The van der Waals surface area contributed by atoms with E-state index < -0.39 is 0 Å². The molecule has 2 amide bonds. The van der Waals surface area contributed by atoms with E-state index in [4.69, 9.17) is 0 Å². The van der Waals surface area contributed by atoms with Gasteiger partial charge in [-0.2, -0.15) is 0 Å². The number of aromatic nitrogens is 1. The number of piperidine rings is 1. The molecule has 20 heavy (non-hydrogen) atoms. The van der Waals surface area contributed by atoms with Crippen molar-refractivity contribution in [1.29, 1.82) is 0 Å². The summed E-state index contributed by atoms with van der Waals surface area (Å²) in [6.45, 7) is 5.26. The number of nitrogens with zero attached hydrogens (tertiary/aromatic N) is 2. The molecular formula is C15H24N4O. The van der Waals surface area contributed by atoms with Gasteiger partial charge in [0.05, 0.1) is 11.9 Å². The average Bonchev–Trinajstić information content (AvgIpc) is 2.46. The minimum absolute atomic E-state index is 0.162. The molecule has 1 aromatic rings. The van der Waals surface area contributed by atoms with Gasteiger partial charge in [0.25, 0.3) is 0 Å². The first kappa shape index (κ1) is 14.8. The Balaban J connectivity index is 1.60. The lowest BCUT2D eigenvalue weighted by Gasteiger charge is -2.33. The Hall–Kier alpha value is -1.62. The Kier molecular flexibility index (Phi) is 5.80. The van der Waals surface area contributed by atoms with E-state index in [1.54, 1.807) is 18.5 Å². The Bertz CT molecular complexity index is 410. The Labute approximate surface area is 120 Å². The molecule has 1 fully saturated rings. The molecule has 0 spiro atoms. The number of hydrogen-bond donors (Lipinski definition) is 2. The molecule has 5 heteroatoms. The normalized spacial score (nSPS) is 19.6. The van der Waals surface area contributed by atoms with E-state index in [0.717, 1.165) is 18.7 Å². The second-order valence-electron chi connectivity index (χ2n) is 5.36. The highest BCUT2D eigenvalue weighted by Crippen LogP contribution is 2.16. The maximum Gasteiger partial charge on any atom is 0.319 e. The van der Waals surface area contributed by atoms with Gasteiger partial charge >= 0.3 is 6.03 Å². The molecule has 2 rings (SSSR count). The third kappa shape index (κ3) is 4.81. The number of pyridine rings is 1. The average molecular weight is 276 g/mol. The lowest BCUT2D eigenvalue weighted by molar-refractivity contribution is 0.159. The third-order valence-electron chi connectivity index (χ3n) is 3.77. The van der Waals surface area contributed by atoms with E-state index in [9.17, 15) is 4.79 Å². The monoisotopic (exact) mass is 276 g/mol. The lowest BCUT2D eigenvalue weighted by Crippen LogP contribution is -2.39. The second kappa shape index (κ2) is 7.85. The summed E-state index contributed by atoms with van der Waals surface area (Å²) in [5.41, 5.74) is 0.717. The van der Waals surface area contributed by atoms with Crippen molar-refractivity contribution in [3.8, 4) is 0 Å². The van der Waals surface area contributed by atoms with Gasteiger partial charge in [0.1, 0.15) is 0 Å². The van der Waals surface area contributed by atoms with Crippen molar-refractivity contribution >= 4 is 11.7 Å². The van der Waals surface area contributed by atoms with E-state index in [1.807, 2.05) is 6.07 Å². The van der Waals surface area contributed by atoms with Crippen LogP contribution in [0.4, 0.5) is 10.5 Å². The quantitative estimate of drug-likeness (QED) is 0.812. The molecule has 110 valence electrons. The molecule has 2 N–H and O–H groups in total. The molecule has 1 atom stereocenters. The van der Waals surface area contributed by atoms with E-state index in [1.165, 1.54) is 25.8 Å². The summed E-state index contributed by atoms with van der Waals surface area (Å²) in [5.74, 6) is 0.